The smallest absolute Gasteiger partial charge is 0.387 e. The molecule has 106 valence electrons. The molecule has 1 N–H and O–H groups in total. The highest BCUT2D eigenvalue weighted by molar-refractivity contribution is 5.48. The van der Waals surface area contributed by atoms with Gasteiger partial charge in [-0.15, -0.1) is 0 Å². The lowest BCUT2D eigenvalue weighted by Gasteiger charge is -2.21. The number of hydrogen-bond acceptors (Lipinski definition) is 2. The van der Waals surface area contributed by atoms with Crippen LogP contribution in [0.2, 0.25) is 0 Å². The van der Waals surface area contributed by atoms with Gasteiger partial charge in [-0.2, -0.15) is 8.78 Å². The molecular formula is C14H18F3NO. The van der Waals surface area contributed by atoms with Gasteiger partial charge in [-0.25, -0.2) is 4.39 Å². The van der Waals surface area contributed by atoms with E-state index in [2.05, 4.69) is 17.0 Å². The average molecular weight is 273 g/mol. The highest BCUT2D eigenvalue weighted by Gasteiger charge is 2.25. The minimum atomic E-state index is -3.01. The summed E-state index contributed by atoms with van der Waals surface area (Å²) in [5, 5.41) is 3.28. The standard InChI is InChI=1S/C14H18F3NO/c1-2-9-4-3-5-12(9)18-10-6-7-13(11(15)8-10)19-14(16)17/h6-9,12,14,18H,2-5H2,1H3. The van der Waals surface area contributed by atoms with E-state index in [1.807, 2.05) is 0 Å². The van der Waals surface area contributed by atoms with Crippen molar-refractivity contribution in [3.05, 3.63) is 24.0 Å². The predicted octanol–water partition coefficient (Wildman–Crippen LogP) is 4.42. The minimum Gasteiger partial charge on any atom is -0.432 e. The van der Waals surface area contributed by atoms with Crippen LogP contribution in [0.25, 0.3) is 0 Å². The van der Waals surface area contributed by atoms with Crippen molar-refractivity contribution < 1.29 is 17.9 Å². The molecule has 2 atom stereocenters. The van der Waals surface area contributed by atoms with Crippen LogP contribution in [0.15, 0.2) is 18.2 Å². The normalized spacial score (nSPS) is 22.8. The molecule has 0 saturated heterocycles. The van der Waals surface area contributed by atoms with Crippen molar-refractivity contribution >= 4 is 5.69 Å². The number of halogens is 3. The second-order valence-corrected chi connectivity index (χ2v) is 4.87. The highest BCUT2D eigenvalue weighted by atomic mass is 19.3. The van der Waals surface area contributed by atoms with Gasteiger partial charge in [-0.05, 0) is 30.9 Å². The zero-order valence-corrected chi connectivity index (χ0v) is 10.8. The lowest BCUT2D eigenvalue weighted by atomic mass is 10.0. The summed E-state index contributed by atoms with van der Waals surface area (Å²) < 4.78 is 41.7. The molecule has 1 aromatic carbocycles. The fourth-order valence-corrected chi connectivity index (χ4v) is 2.71. The first-order valence-electron chi connectivity index (χ1n) is 6.61. The van der Waals surface area contributed by atoms with Crippen molar-refractivity contribution in [3.8, 4) is 5.75 Å². The van der Waals surface area contributed by atoms with Crippen LogP contribution < -0.4 is 10.1 Å². The topological polar surface area (TPSA) is 21.3 Å². The third kappa shape index (κ3) is 3.55. The Morgan fingerprint density at radius 2 is 2.16 bits per heavy atom. The maximum absolute atomic E-state index is 13.6. The van der Waals surface area contributed by atoms with Gasteiger partial charge in [0.05, 0.1) is 0 Å². The first-order valence-corrected chi connectivity index (χ1v) is 6.61. The molecule has 19 heavy (non-hydrogen) atoms. The van der Waals surface area contributed by atoms with Crippen molar-refractivity contribution in [1.82, 2.24) is 0 Å². The van der Waals surface area contributed by atoms with E-state index in [0.717, 1.165) is 12.8 Å². The van der Waals surface area contributed by atoms with E-state index in [0.29, 0.717) is 17.6 Å². The maximum atomic E-state index is 13.6. The molecule has 0 radical (unpaired) electrons. The van der Waals surface area contributed by atoms with E-state index in [-0.39, 0.29) is 0 Å². The van der Waals surface area contributed by atoms with Crippen LogP contribution in [0.3, 0.4) is 0 Å². The van der Waals surface area contributed by atoms with E-state index < -0.39 is 18.2 Å². The van der Waals surface area contributed by atoms with Gasteiger partial charge in [0, 0.05) is 17.8 Å². The average Bonchev–Trinajstić information content (AvgIpc) is 2.79. The van der Waals surface area contributed by atoms with Gasteiger partial charge in [0.15, 0.2) is 11.6 Å². The zero-order chi connectivity index (χ0) is 13.8. The molecule has 1 aliphatic rings. The van der Waals surface area contributed by atoms with Gasteiger partial charge in [-0.3, -0.25) is 0 Å². The van der Waals surface area contributed by atoms with Crippen molar-refractivity contribution in [2.24, 2.45) is 5.92 Å². The third-order valence-electron chi connectivity index (χ3n) is 3.68. The van der Waals surface area contributed by atoms with Gasteiger partial charge < -0.3 is 10.1 Å². The van der Waals surface area contributed by atoms with Crippen molar-refractivity contribution in [1.29, 1.82) is 0 Å². The van der Waals surface area contributed by atoms with Crippen LogP contribution in [0.1, 0.15) is 32.6 Å². The molecule has 0 aliphatic heterocycles. The van der Waals surface area contributed by atoms with E-state index in [1.54, 1.807) is 6.07 Å². The second kappa shape index (κ2) is 6.17. The van der Waals surface area contributed by atoms with Crippen LogP contribution in [-0.2, 0) is 0 Å². The Morgan fingerprint density at radius 3 is 2.79 bits per heavy atom. The van der Waals surface area contributed by atoms with Crippen LogP contribution in [0, 0.1) is 11.7 Å². The SMILES string of the molecule is CCC1CCCC1Nc1ccc(OC(F)F)c(F)c1. The summed E-state index contributed by atoms with van der Waals surface area (Å²) in [6, 6.07) is 4.36. The van der Waals surface area contributed by atoms with Crippen molar-refractivity contribution in [2.45, 2.75) is 45.3 Å². The molecule has 2 unspecified atom stereocenters. The number of benzene rings is 1. The number of rotatable bonds is 5. The number of anilines is 1. The Labute approximate surface area is 111 Å². The number of nitrogens with one attached hydrogen (secondary N) is 1. The van der Waals surface area contributed by atoms with Gasteiger partial charge >= 0.3 is 6.61 Å². The molecule has 0 bridgehead atoms. The van der Waals surface area contributed by atoms with Gasteiger partial charge in [-0.1, -0.05) is 19.8 Å². The molecule has 0 heterocycles. The van der Waals surface area contributed by atoms with Gasteiger partial charge in [0.25, 0.3) is 0 Å². The molecule has 2 nitrogen and oxygen atoms in total. The van der Waals surface area contributed by atoms with E-state index in [4.69, 9.17) is 0 Å². The molecule has 0 amide bonds. The summed E-state index contributed by atoms with van der Waals surface area (Å²) in [7, 11) is 0. The Bertz CT molecular complexity index is 425. The third-order valence-corrected chi connectivity index (χ3v) is 3.68. The predicted molar refractivity (Wildman–Crippen MR) is 68.1 cm³/mol. The molecule has 1 aromatic rings. The van der Waals surface area contributed by atoms with E-state index >= 15 is 0 Å². The summed E-state index contributed by atoms with van der Waals surface area (Å²) in [5.74, 6) is -0.588. The molecular weight excluding hydrogens is 255 g/mol. The summed E-state index contributed by atoms with van der Waals surface area (Å²) in [5.41, 5.74) is 0.615. The highest BCUT2D eigenvalue weighted by Crippen LogP contribution is 2.31. The van der Waals surface area contributed by atoms with Crippen LogP contribution in [-0.4, -0.2) is 12.7 Å². The summed E-state index contributed by atoms with van der Waals surface area (Å²) in [4.78, 5) is 0. The Kier molecular flexibility index (Phi) is 4.56. The van der Waals surface area contributed by atoms with Crippen LogP contribution in [0.5, 0.6) is 5.75 Å². The number of hydrogen-bond donors (Lipinski definition) is 1. The summed E-state index contributed by atoms with van der Waals surface area (Å²) in [6.45, 7) is -0.863. The zero-order valence-electron chi connectivity index (χ0n) is 10.8. The first-order chi connectivity index (χ1) is 9.10. The monoisotopic (exact) mass is 273 g/mol. The summed E-state index contributed by atoms with van der Waals surface area (Å²) in [6.07, 6.45) is 4.51. The molecule has 2 rings (SSSR count). The van der Waals surface area contributed by atoms with E-state index in [1.165, 1.54) is 25.0 Å². The molecule has 5 heteroatoms. The van der Waals surface area contributed by atoms with Crippen LogP contribution in [0.4, 0.5) is 18.9 Å². The fraction of sp³-hybridized carbons (Fsp3) is 0.571. The van der Waals surface area contributed by atoms with Crippen molar-refractivity contribution in [2.75, 3.05) is 5.32 Å². The Hall–Kier alpha value is -1.39. The maximum Gasteiger partial charge on any atom is 0.387 e. The first kappa shape index (κ1) is 14.0. The minimum absolute atomic E-state index is 0.339. The quantitative estimate of drug-likeness (QED) is 0.857. The largest absolute Gasteiger partial charge is 0.432 e. The Balaban J connectivity index is 2.03. The van der Waals surface area contributed by atoms with Crippen LogP contribution >= 0.6 is 0 Å². The Morgan fingerprint density at radius 1 is 1.37 bits per heavy atom. The van der Waals surface area contributed by atoms with Gasteiger partial charge in [0.1, 0.15) is 0 Å². The van der Waals surface area contributed by atoms with Crippen molar-refractivity contribution in [3.63, 3.8) is 0 Å². The molecule has 0 spiro atoms. The molecule has 1 saturated carbocycles. The van der Waals surface area contributed by atoms with E-state index in [9.17, 15) is 13.2 Å². The number of ether oxygens (including phenoxy) is 1. The second-order valence-electron chi connectivity index (χ2n) is 4.87. The molecule has 1 fully saturated rings. The fourth-order valence-electron chi connectivity index (χ4n) is 2.71. The van der Waals surface area contributed by atoms with Gasteiger partial charge in [0.2, 0.25) is 0 Å². The molecule has 0 aromatic heterocycles. The lowest BCUT2D eigenvalue weighted by Crippen LogP contribution is -2.23. The molecule has 1 aliphatic carbocycles. The lowest BCUT2D eigenvalue weighted by molar-refractivity contribution is -0.0521. The number of alkyl halides is 2. The summed E-state index contributed by atoms with van der Waals surface area (Å²) >= 11 is 0.